The van der Waals surface area contributed by atoms with E-state index in [4.69, 9.17) is 5.11 Å². The van der Waals surface area contributed by atoms with Gasteiger partial charge in [-0.3, -0.25) is 4.79 Å². The number of carbonyl (C=O) groups is 1. The first-order valence-electron chi connectivity index (χ1n) is 6.96. The summed E-state index contributed by atoms with van der Waals surface area (Å²) in [6.45, 7) is 2.22. The minimum Gasteiger partial charge on any atom is -0.481 e. The second kappa shape index (κ2) is 13.8. The van der Waals surface area contributed by atoms with Gasteiger partial charge < -0.3 is 9.52 Å². The fraction of sp³-hybridized carbons (Fsp3) is 0.667. The molecule has 3 heteroatoms. The number of carboxylic acid groups (broad SMARTS) is 1. The van der Waals surface area contributed by atoms with Crippen molar-refractivity contribution in [3.8, 4) is 0 Å². The van der Waals surface area contributed by atoms with Crippen molar-refractivity contribution in [3.63, 3.8) is 0 Å². The maximum Gasteiger partial charge on any atom is 0.303 e. The number of furan rings is 1. The fourth-order valence-corrected chi connectivity index (χ4v) is 1.64. The summed E-state index contributed by atoms with van der Waals surface area (Å²) in [5.41, 5.74) is 0. The molecule has 1 rings (SSSR count). The highest BCUT2D eigenvalue weighted by Gasteiger charge is 1.95. The van der Waals surface area contributed by atoms with E-state index in [1.165, 1.54) is 38.5 Å². The Morgan fingerprint density at radius 1 is 0.944 bits per heavy atom. The zero-order valence-corrected chi connectivity index (χ0v) is 11.4. The van der Waals surface area contributed by atoms with Crippen LogP contribution in [0.3, 0.4) is 0 Å². The van der Waals surface area contributed by atoms with Gasteiger partial charge in [0.2, 0.25) is 0 Å². The van der Waals surface area contributed by atoms with Gasteiger partial charge in [-0.2, -0.15) is 0 Å². The Hall–Kier alpha value is -1.25. The van der Waals surface area contributed by atoms with E-state index < -0.39 is 5.97 Å². The third-order valence-corrected chi connectivity index (χ3v) is 2.67. The summed E-state index contributed by atoms with van der Waals surface area (Å²) in [7, 11) is 0. The summed E-state index contributed by atoms with van der Waals surface area (Å²) in [5, 5.41) is 8.39. The zero-order chi connectivity index (χ0) is 13.5. The average Bonchev–Trinajstić information content (AvgIpc) is 2.91. The van der Waals surface area contributed by atoms with E-state index in [-0.39, 0.29) is 0 Å². The van der Waals surface area contributed by atoms with E-state index in [1.807, 2.05) is 12.1 Å². The van der Waals surface area contributed by atoms with Crippen molar-refractivity contribution >= 4 is 5.97 Å². The summed E-state index contributed by atoms with van der Waals surface area (Å²) in [5.74, 6) is -0.661. The second-order valence-corrected chi connectivity index (χ2v) is 4.41. The van der Waals surface area contributed by atoms with Crippen molar-refractivity contribution in [3.05, 3.63) is 24.7 Å². The van der Waals surface area contributed by atoms with Gasteiger partial charge in [0.25, 0.3) is 0 Å². The van der Waals surface area contributed by atoms with Crippen LogP contribution in [0.25, 0.3) is 0 Å². The van der Waals surface area contributed by atoms with Crippen molar-refractivity contribution < 1.29 is 14.3 Å². The lowest BCUT2D eigenvalue weighted by atomic mass is 10.1. The van der Waals surface area contributed by atoms with Gasteiger partial charge in [0.05, 0.1) is 12.5 Å². The molecule has 0 fully saturated rings. The van der Waals surface area contributed by atoms with Crippen LogP contribution in [0.15, 0.2) is 29.1 Å². The van der Waals surface area contributed by atoms with Gasteiger partial charge in [-0.25, -0.2) is 0 Å². The second-order valence-electron chi connectivity index (χ2n) is 4.41. The summed E-state index contributed by atoms with van der Waals surface area (Å²) in [4.78, 5) is 10.2. The van der Waals surface area contributed by atoms with Crippen LogP contribution in [0.4, 0.5) is 0 Å². The quantitative estimate of drug-likeness (QED) is 0.639. The van der Waals surface area contributed by atoms with E-state index in [0.29, 0.717) is 6.42 Å². The molecule has 1 heterocycles. The van der Waals surface area contributed by atoms with E-state index in [0.717, 1.165) is 12.8 Å². The van der Waals surface area contributed by atoms with E-state index in [2.05, 4.69) is 11.3 Å². The molecule has 104 valence electrons. The Morgan fingerprint density at radius 3 is 1.83 bits per heavy atom. The molecule has 0 saturated carbocycles. The number of aliphatic carboxylic acids is 1. The van der Waals surface area contributed by atoms with Crippen LogP contribution in [0, 0.1) is 0 Å². The Bertz CT molecular complexity index is 237. The van der Waals surface area contributed by atoms with Crippen LogP contribution in [-0.2, 0) is 4.79 Å². The number of unbranched alkanes of at least 4 members (excludes halogenated alkanes) is 7. The molecule has 3 nitrogen and oxygen atoms in total. The molecule has 0 radical (unpaired) electrons. The smallest absolute Gasteiger partial charge is 0.303 e. The summed E-state index contributed by atoms with van der Waals surface area (Å²) >= 11 is 0. The maximum atomic E-state index is 10.2. The minimum absolute atomic E-state index is 0.342. The van der Waals surface area contributed by atoms with Crippen LogP contribution in [0.5, 0.6) is 0 Å². The number of hydrogen-bond donors (Lipinski definition) is 1. The van der Waals surface area contributed by atoms with Crippen molar-refractivity contribution in [2.24, 2.45) is 0 Å². The molecule has 0 aliphatic carbocycles. The van der Waals surface area contributed by atoms with Crippen LogP contribution in [0.1, 0.15) is 64.7 Å². The molecule has 1 aromatic rings. The molecular formula is C15H26O3. The normalized spacial score (nSPS) is 9.61. The molecule has 1 N–H and O–H groups in total. The van der Waals surface area contributed by atoms with Gasteiger partial charge in [0.15, 0.2) is 0 Å². The first kappa shape index (κ1) is 16.8. The standard InChI is InChI=1S/C11H22O2.C4H4O/c1-2-3-4-5-6-7-8-9-10-11(12)13;1-2-4-5-3-1/h2-10H2,1H3,(H,12,13);1-4H. The average molecular weight is 254 g/mol. The number of rotatable bonds is 9. The molecule has 0 saturated heterocycles. The summed E-state index contributed by atoms with van der Waals surface area (Å²) in [6.07, 6.45) is 13.3. The van der Waals surface area contributed by atoms with Crippen molar-refractivity contribution in [2.45, 2.75) is 64.7 Å². The van der Waals surface area contributed by atoms with Gasteiger partial charge >= 0.3 is 5.97 Å². The maximum absolute atomic E-state index is 10.2. The molecule has 0 atom stereocenters. The molecular weight excluding hydrogens is 228 g/mol. The predicted octanol–water partition coefficient (Wildman–Crippen LogP) is 4.88. The van der Waals surface area contributed by atoms with E-state index in [1.54, 1.807) is 12.5 Å². The van der Waals surface area contributed by atoms with Crippen LogP contribution in [-0.4, -0.2) is 11.1 Å². The SMILES string of the molecule is CCCCCCCCCCC(=O)O.c1ccoc1. The number of hydrogen-bond acceptors (Lipinski definition) is 2. The summed E-state index contributed by atoms with van der Waals surface area (Å²) < 4.78 is 4.58. The molecule has 0 aromatic carbocycles. The van der Waals surface area contributed by atoms with Gasteiger partial charge in [-0.05, 0) is 18.6 Å². The lowest BCUT2D eigenvalue weighted by Crippen LogP contribution is -1.93. The van der Waals surface area contributed by atoms with Crippen molar-refractivity contribution in [1.82, 2.24) is 0 Å². The minimum atomic E-state index is -0.661. The molecule has 1 aromatic heterocycles. The first-order chi connectivity index (χ1) is 8.77. The Kier molecular flexibility index (Phi) is 12.9. The third kappa shape index (κ3) is 14.8. The van der Waals surface area contributed by atoms with Crippen LogP contribution in [0.2, 0.25) is 0 Å². The highest BCUT2D eigenvalue weighted by Crippen LogP contribution is 2.09. The molecule has 0 unspecified atom stereocenters. The first-order valence-corrected chi connectivity index (χ1v) is 6.96. The molecule has 18 heavy (non-hydrogen) atoms. The van der Waals surface area contributed by atoms with Crippen LogP contribution >= 0.6 is 0 Å². The largest absolute Gasteiger partial charge is 0.481 e. The molecule has 0 aliphatic heterocycles. The summed E-state index contributed by atoms with van der Waals surface area (Å²) in [6, 6.07) is 3.67. The lowest BCUT2D eigenvalue weighted by molar-refractivity contribution is -0.137. The zero-order valence-electron chi connectivity index (χ0n) is 11.4. The Balaban J connectivity index is 0.000000473. The van der Waals surface area contributed by atoms with Gasteiger partial charge in [-0.1, -0.05) is 51.9 Å². The topological polar surface area (TPSA) is 50.4 Å². The van der Waals surface area contributed by atoms with Gasteiger partial charge in [0, 0.05) is 6.42 Å². The van der Waals surface area contributed by atoms with Gasteiger partial charge in [0.1, 0.15) is 0 Å². The highest BCUT2D eigenvalue weighted by atomic mass is 16.4. The predicted molar refractivity (Wildman–Crippen MR) is 73.6 cm³/mol. The van der Waals surface area contributed by atoms with Crippen LogP contribution < -0.4 is 0 Å². The number of carboxylic acids is 1. The molecule has 0 amide bonds. The monoisotopic (exact) mass is 254 g/mol. The molecule has 0 aliphatic rings. The highest BCUT2D eigenvalue weighted by molar-refractivity contribution is 5.66. The fourth-order valence-electron chi connectivity index (χ4n) is 1.64. The van der Waals surface area contributed by atoms with Gasteiger partial charge in [-0.15, -0.1) is 0 Å². The third-order valence-electron chi connectivity index (χ3n) is 2.67. The molecule has 0 spiro atoms. The Labute approximate surface area is 110 Å². The van der Waals surface area contributed by atoms with Crippen molar-refractivity contribution in [2.75, 3.05) is 0 Å². The Morgan fingerprint density at radius 2 is 1.44 bits per heavy atom. The van der Waals surface area contributed by atoms with E-state index in [9.17, 15) is 4.79 Å². The van der Waals surface area contributed by atoms with E-state index >= 15 is 0 Å². The lowest BCUT2D eigenvalue weighted by Gasteiger charge is -1.99. The molecule has 0 bridgehead atoms. The van der Waals surface area contributed by atoms with Crippen molar-refractivity contribution in [1.29, 1.82) is 0 Å².